The summed E-state index contributed by atoms with van der Waals surface area (Å²) < 4.78 is 2.40. The fraction of sp³-hybridized carbons (Fsp3) is 0.429. The lowest BCUT2D eigenvalue weighted by Crippen LogP contribution is -2.41. The minimum absolute atomic E-state index is 0.136. The molecule has 5 nitrogen and oxygen atoms in total. The lowest BCUT2D eigenvalue weighted by Gasteiger charge is -2.36. The first kappa shape index (κ1) is 21.0. The van der Waals surface area contributed by atoms with Crippen LogP contribution in [0.3, 0.4) is 0 Å². The standard InChI is InChI=1S/C21H27ClN4OS/c1-4-15-11-16(22)5-6-20(15)21(27)24-17-12-19(14-23-13-17)25(2)18-7-9-26(28-3)10-8-18/h5-6,11-14,18H,4,7-10H2,1-3H3,(H,24,27). The number of aryl methyl sites for hydroxylation is 1. The summed E-state index contributed by atoms with van der Waals surface area (Å²) in [5, 5.41) is 3.63. The van der Waals surface area contributed by atoms with Crippen molar-refractivity contribution in [2.24, 2.45) is 0 Å². The molecule has 0 spiro atoms. The van der Waals surface area contributed by atoms with Gasteiger partial charge in [0.25, 0.3) is 5.91 Å². The predicted octanol–water partition coefficient (Wildman–Crippen LogP) is 4.73. The third-order valence-electron chi connectivity index (χ3n) is 5.31. The molecule has 1 aromatic heterocycles. The number of amides is 1. The van der Waals surface area contributed by atoms with Gasteiger partial charge in [0.15, 0.2) is 0 Å². The average Bonchev–Trinajstić information content (AvgIpc) is 2.73. The van der Waals surface area contributed by atoms with Gasteiger partial charge >= 0.3 is 0 Å². The Morgan fingerprint density at radius 1 is 1.32 bits per heavy atom. The minimum Gasteiger partial charge on any atom is -0.370 e. The predicted molar refractivity (Wildman–Crippen MR) is 120 cm³/mol. The maximum Gasteiger partial charge on any atom is 0.255 e. The van der Waals surface area contributed by atoms with Crippen LogP contribution >= 0.6 is 23.5 Å². The number of anilines is 2. The average molecular weight is 419 g/mol. The number of carbonyl (C=O) groups is 1. The van der Waals surface area contributed by atoms with Crippen molar-refractivity contribution in [1.29, 1.82) is 0 Å². The van der Waals surface area contributed by atoms with Crippen LogP contribution in [-0.2, 0) is 6.42 Å². The van der Waals surface area contributed by atoms with Gasteiger partial charge in [-0.25, -0.2) is 0 Å². The van der Waals surface area contributed by atoms with Gasteiger partial charge in [-0.2, -0.15) is 0 Å². The van der Waals surface area contributed by atoms with Crippen molar-refractivity contribution in [3.63, 3.8) is 0 Å². The molecule has 1 amide bonds. The van der Waals surface area contributed by atoms with Gasteiger partial charge in [-0.1, -0.05) is 30.5 Å². The lowest BCUT2D eigenvalue weighted by molar-refractivity contribution is 0.102. The first-order valence-corrected chi connectivity index (χ1v) is 11.1. The third-order valence-corrected chi connectivity index (χ3v) is 6.43. The van der Waals surface area contributed by atoms with E-state index in [1.54, 1.807) is 18.3 Å². The molecule has 1 aromatic carbocycles. The summed E-state index contributed by atoms with van der Waals surface area (Å²) in [7, 11) is 2.11. The van der Waals surface area contributed by atoms with Crippen LogP contribution in [0.15, 0.2) is 36.7 Å². The molecule has 1 saturated heterocycles. The zero-order valence-electron chi connectivity index (χ0n) is 16.6. The van der Waals surface area contributed by atoms with E-state index < -0.39 is 0 Å². The van der Waals surface area contributed by atoms with Gasteiger partial charge in [-0.15, -0.1) is 0 Å². The molecule has 1 aliphatic rings. The van der Waals surface area contributed by atoms with Crippen LogP contribution in [-0.4, -0.2) is 47.6 Å². The van der Waals surface area contributed by atoms with Gasteiger partial charge in [0.2, 0.25) is 0 Å². The lowest BCUT2D eigenvalue weighted by atomic mass is 10.0. The Bertz CT molecular complexity index is 824. The summed E-state index contributed by atoms with van der Waals surface area (Å²) in [6.07, 6.45) is 8.67. The van der Waals surface area contributed by atoms with Crippen molar-refractivity contribution in [1.82, 2.24) is 9.29 Å². The normalized spacial score (nSPS) is 15.4. The smallest absolute Gasteiger partial charge is 0.255 e. The van der Waals surface area contributed by atoms with E-state index in [1.807, 2.05) is 37.2 Å². The number of hydrogen-bond acceptors (Lipinski definition) is 5. The van der Waals surface area contributed by atoms with Gasteiger partial charge in [-0.3, -0.25) is 14.1 Å². The van der Waals surface area contributed by atoms with Gasteiger partial charge < -0.3 is 10.2 Å². The highest BCUT2D eigenvalue weighted by molar-refractivity contribution is 7.96. The Hall–Kier alpha value is -1.76. The van der Waals surface area contributed by atoms with Gasteiger partial charge in [0.1, 0.15) is 0 Å². The largest absolute Gasteiger partial charge is 0.370 e. The number of rotatable bonds is 6. The van der Waals surface area contributed by atoms with Crippen LogP contribution in [0, 0.1) is 0 Å². The van der Waals surface area contributed by atoms with E-state index in [1.165, 1.54) is 0 Å². The molecule has 150 valence electrons. The van der Waals surface area contributed by atoms with Crippen molar-refractivity contribution in [3.05, 3.63) is 52.8 Å². The summed E-state index contributed by atoms with van der Waals surface area (Å²) in [6.45, 7) is 4.20. The fourth-order valence-corrected chi connectivity index (χ4v) is 4.36. The number of nitrogens with one attached hydrogen (secondary N) is 1. The first-order valence-electron chi connectivity index (χ1n) is 9.58. The second-order valence-corrected chi connectivity index (χ2v) is 8.31. The Labute approximate surface area is 176 Å². The molecule has 0 atom stereocenters. The van der Waals surface area contributed by atoms with Gasteiger partial charge in [0.05, 0.1) is 23.8 Å². The minimum atomic E-state index is -0.136. The number of aromatic nitrogens is 1. The van der Waals surface area contributed by atoms with Crippen LogP contribution in [0.1, 0.15) is 35.7 Å². The number of nitrogens with zero attached hydrogens (tertiary/aromatic N) is 3. The van der Waals surface area contributed by atoms with E-state index in [4.69, 9.17) is 11.6 Å². The number of pyridine rings is 1. The van der Waals surface area contributed by atoms with Crippen LogP contribution in [0.5, 0.6) is 0 Å². The molecule has 28 heavy (non-hydrogen) atoms. The Morgan fingerprint density at radius 2 is 2.07 bits per heavy atom. The van der Waals surface area contributed by atoms with Crippen LogP contribution < -0.4 is 10.2 Å². The summed E-state index contributed by atoms with van der Waals surface area (Å²) >= 11 is 7.87. The molecule has 0 unspecified atom stereocenters. The molecule has 1 N–H and O–H groups in total. The molecule has 2 aromatic rings. The van der Waals surface area contributed by atoms with Crippen molar-refractivity contribution in [3.8, 4) is 0 Å². The molecular weight excluding hydrogens is 392 g/mol. The van der Waals surface area contributed by atoms with Crippen molar-refractivity contribution < 1.29 is 4.79 Å². The van der Waals surface area contributed by atoms with E-state index >= 15 is 0 Å². The van der Waals surface area contributed by atoms with E-state index in [-0.39, 0.29) is 5.91 Å². The van der Waals surface area contributed by atoms with Crippen molar-refractivity contribution >= 4 is 40.8 Å². The maximum absolute atomic E-state index is 12.8. The van der Waals surface area contributed by atoms with E-state index in [9.17, 15) is 4.79 Å². The van der Waals surface area contributed by atoms with E-state index in [0.29, 0.717) is 22.3 Å². The zero-order valence-corrected chi connectivity index (χ0v) is 18.2. The topological polar surface area (TPSA) is 48.5 Å². The number of halogens is 1. The molecule has 0 radical (unpaired) electrons. The van der Waals surface area contributed by atoms with Gasteiger partial charge in [-0.05, 0) is 55.3 Å². The quantitative estimate of drug-likeness (QED) is 0.687. The molecule has 0 bridgehead atoms. The Morgan fingerprint density at radius 3 is 2.75 bits per heavy atom. The highest BCUT2D eigenvalue weighted by Crippen LogP contribution is 2.26. The molecular formula is C21H27ClN4OS. The molecule has 7 heteroatoms. The van der Waals surface area contributed by atoms with Crippen molar-refractivity contribution in [2.45, 2.75) is 32.2 Å². The number of benzene rings is 1. The second kappa shape index (κ2) is 9.63. The summed E-state index contributed by atoms with van der Waals surface area (Å²) in [4.78, 5) is 19.4. The maximum atomic E-state index is 12.8. The molecule has 2 heterocycles. The molecule has 0 aliphatic carbocycles. The molecule has 3 rings (SSSR count). The van der Waals surface area contributed by atoms with Crippen LogP contribution in [0.4, 0.5) is 11.4 Å². The molecule has 1 fully saturated rings. The number of carbonyl (C=O) groups excluding carboxylic acids is 1. The number of hydrogen-bond donors (Lipinski definition) is 1. The third kappa shape index (κ3) is 4.99. The molecule has 0 saturated carbocycles. The summed E-state index contributed by atoms with van der Waals surface area (Å²) in [6, 6.07) is 7.85. The van der Waals surface area contributed by atoms with Gasteiger partial charge in [0, 0.05) is 36.8 Å². The first-order chi connectivity index (χ1) is 13.5. The Balaban J connectivity index is 1.70. The highest BCUT2D eigenvalue weighted by atomic mass is 35.5. The van der Waals surface area contributed by atoms with Crippen molar-refractivity contribution in [2.75, 3.05) is 36.6 Å². The van der Waals surface area contributed by atoms with Crippen LogP contribution in [0.2, 0.25) is 5.02 Å². The highest BCUT2D eigenvalue weighted by Gasteiger charge is 2.23. The summed E-state index contributed by atoms with van der Waals surface area (Å²) in [5.41, 5.74) is 3.31. The Kier molecular flexibility index (Phi) is 7.21. The zero-order chi connectivity index (χ0) is 20.1. The fourth-order valence-electron chi connectivity index (χ4n) is 3.59. The molecule has 1 aliphatic heterocycles. The van der Waals surface area contributed by atoms with Crippen LogP contribution in [0.25, 0.3) is 0 Å². The second-order valence-electron chi connectivity index (χ2n) is 6.99. The number of piperidine rings is 1. The SMILES string of the molecule is CCc1cc(Cl)ccc1C(=O)Nc1cncc(N(C)C2CCN(SC)CC2)c1. The summed E-state index contributed by atoms with van der Waals surface area (Å²) in [5.74, 6) is -0.136. The van der Waals surface area contributed by atoms with E-state index in [2.05, 4.69) is 32.8 Å². The van der Waals surface area contributed by atoms with E-state index in [0.717, 1.165) is 43.6 Å². The monoisotopic (exact) mass is 418 g/mol.